The van der Waals surface area contributed by atoms with E-state index in [-0.39, 0.29) is 11.9 Å². The lowest BCUT2D eigenvalue weighted by Gasteiger charge is -2.16. The Morgan fingerprint density at radius 3 is 2.57 bits per heavy atom. The molecule has 4 rings (SSSR count). The van der Waals surface area contributed by atoms with Gasteiger partial charge in [0, 0.05) is 24.6 Å². The minimum Gasteiger partial charge on any atom is -0.493 e. The van der Waals surface area contributed by atoms with Crippen LogP contribution in [-0.2, 0) is 17.8 Å². The third kappa shape index (κ3) is 4.39. The van der Waals surface area contributed by atoms with Gasteiger partial charge < -0.3 is 14.6 Å². The Morgan fingerprint density at radius 2 is 1.79 bits per heavy atom. The number of carbonyl (C=O) groups is 1. The second-order valence-corrected chi connectivity index (χ2v) is 6.96. The quantitative estimate of drug-likeness (QED) is 0.717. The van der Waals surface area contributed by atoms with E-state index in [4.69, 9.17) is 4.74 Å². The number of ether oxygens (including phenoxy) is 1. The van der Waals surface area contributed by atoms with Crippen molar-refractivity contribution >= 4 is 5.91 Å². The summed E-state index contributed by atoms with van der Waals surface area (Å²) in [5, 5.41) is 11.9. The fourth-order valence-electron chi connectivity index (χ4n) is 3.51. The van der Waals surface area contributed by atoms with Crippen LogP contribution in [0.25, 0.3) is 11.4 Å². The molecule has 2 heterocycles. The molecule has 0 bridgehead atoms. The Kier molecular flexibility index (Phi) is 5.66. The Bertz CT molecular complexity index is 909. The normalized spacial score (nSPS) is 16.1. The molecule has 6 nitrogen and oxygen atoms in total. The maximum Gasteiger partial charge on any atom is 0.223 e. The number of rotatable bonds is 6. The molecule has 0 fully saturated rings. The molecule has 0 spiro atoms. The van der Waals surface area contributed by atoms with Gasteiger partial charge in [0.05, 0.1) is 13.0 Å². The molecule has 0 saturated heterocycles. The predicted octanol–water partition coefficient (Wildman–Crippen LogP) is 3.24. The van der Waals surface area contributed by atoms with Crippen LogP contribution < -0.4 is 10.1 Å². The minimum atomic E-state index is 0.0295. The molecular formula is C22H24N4O2. The molecule has 6 heteroatoms. The monoisotopic (exact) mass is 376 g/mol. The molecule has 1 aromatic heterocycles. The Labute approximate surface area is 164 Å². The van der Waals surface area contributed by atoms with Gasteiger partial charge in [0.15, 0.2) is 5.82 Å². The number of nitrogens with zero attached hydrogens (tertiary/aromatic N) is 3. The number of carbonyl (C=O) groups excluding carboxylic acids is 1. The van der Waals surface area contributed by atoms with Crippen LogP contribution in [0.1, 0.15) is 25.1 Å². The summed E-state index contributed by atoms with van der Waals surface area (Å²) in [4.78, 5) is 12.3. The molecule has 2 aromatic carbocycles. The van der Waals surface area contributed by atoms with Crippen molar-refractivity contribution in [2.24, 2.45) is 0 Å². The number of hydrogen-bond acceptors (Lipinski definition) is 4. The fourth-order valence-corrected chi connectivity index (χ4v) is 3.51. The molecule has 0 aliphatic carbocycles. The smallest absolute Gasteiger partial charge is 0.223 e. The molecule has 144 valence electrons. The summed E-state index contributed by atoms with van der Waals surface area (Å²) in [6.45, 7) is 1.18. The van der Waals surface area contributed by atoms with Crippen molar-refractivity contribution in [3.63, 3.8) is 0 Å². The lowest BCUT2D eigenvalue weighted by atomic mass is 10.1. The maximum absolute atomic E-state index is 12.3. The van der Waals surface area contributed by atoms with Gasteiger partial charge in [0.25, 0.3) is 0 Å². The summed E-state index contributed by atoms with van der Waals surface area (Å²) in [6, 6.07) is 19.8. The van der Waals surface area contributed by atoms with Crippen molar-refractivity contribution in [1.82, 2.24) is 20.1 Å². The first kappa shape index (κ1) is 18.2. The number of aromatic nitrogens is 3. The van der Waals surface area contributed by atoms with Crippen LogP contribution in [0.2, 0.25) is 0 Å². The number of aryl methyl sites for hydroxylation is 1. The van der Waals surface area contributed by atoms with Crippen LogP contribution >= 0.6 is 0 Å². The van der Waals surface area contributed by atoms with Gasteiger partial charge in [-0.25, -0.2) is 0 Å². The van der Waals surface area contributed by atoms with E-state index in [9.17, 15) is 4.79 Å². The van der Waals surface area contributed by atoms with Crippen LogP contribution in [0.4, 0.5) is 0 Å². The van der Waals surface area contributed by atoms with Crippen molar-refractivity contribution in [3.05, 3.63) is 66.5 Å². The van der Waals surface area contributed by atoms with E-state index >= 15 is 0 Å². The highest BCUT2D eigenvalue weighted by Gasteiger charge is 2.22. The molecule has 0 saturated carbocycles. The molecule has 1 atom stereocenters. The second kappa shape index (κ2) is 8.69. The molecule has 3 aromatic rings. The summed E-state index contributed by atoms with van der Waals surface area (Å²) < 4.78 is 7.79. The van der Waals surface area contributed by atoms with Gasteiger partial charge in [-0.05, 0) is 25.0 Å². The van der Waals surface area contributed by atoms with E-state index < -0.39 is 0 Å². The van der Waals surface area contributed by atoms with E-state index in [0.29, 0.717) is 13.0 Å². The zero-order valence-electron chi connectivity index (χ0n) is 15.8. The van der Waals surface area contributed by atoms with Crippen LogP contribution in [-0.4, -0.2) is 33.3 Å². The number of fused-ring (bicyclic) bond motifs is 1. The molecular weight excluding hydrogens is 352 g/mol. The number of hydrogen-bond donors (Lipinski definition) is 1. The molecule has 28 heavy (non-hydrogen) atoms. The van der Waals surface area contributed by atoms with E-state index in [2.05, 4.69) is 20.1 Å². The van der Waals surface area contributed by atoms with Crippen molar-refractivity contribution in [3.8, 4) is 17.1 Å². The highest BCUT2D eigenvalue weighted by molar-refractivity contribution is 5.76. The van der Waals surface area contributed by atoms with Gasteiger partial charge in [0.2, 0.25) is 5.91 Å². The number of nitrogens with one attached hydrogen (secondary N) is 1. The van der Waals surface area contributed by atoms with E-state index in [0.717, 1.165) is 48.8 Å². The number of amides is 1. The topological polar surface area (TPSA) is 69.0 Å². The van der Waals surface area contributed by atoms with Gasteiger partial charge >= 0.3 is 0 Å². The third-order valence-electron chi connectivity index (χ3n) is 4.98. The van der Waals surface area contributed by atoms with Crippen molar-refractivity contribution in [1.29, 1.82) is 0 Å². The molecule has 1 N–H and O–H groups in total. The van der Waals surface area contributed by atoms with Crippen molar-refractivity contribution in [2.75, 3.05) is 6.61 Å². The summed E-state index contributed by atoms with van der Waals surface area (Å²) in [6.07, 6.45) is 2.91. The standard InChI is InChI=1S/C22H24N4O2/c27-21(14-16-28-19-9-5-2-6-10-19)23-18-11-12-20-24-25-22(26(20)15-13-18)17-7-3-1-4-8-17/h1-10,18H,11-16H2,(H,23,27). The van der Waals surface area contributed by atoms with Gasteiger partial charge in [0.1, 0.15) is 11.6 Å². The zero-order valence-corrected chi connectivity index (χ0v) is 15.8. The van der Waals surface area contributed by atoms with Crippen LogP contribution in [0.3, 0.4) is 0 Å². The molecule has 1 amide bonds. The summed E-state index contributed by atoms with van der Waals surface area (Å²) in [7, 11) is 0. The van der Waals surface area contributed by atoms with E-state index in [1.165, 1.54) is 0 Å². The summed E-state index contributed by atoms with van der Waals surface area (Å²) in [5.41, 5.74) is 1.07. The van der Waals surface area contributed by atoms with Crippen LogP contribution in [0.5, 0.6) is 5.75 Å². The first-order valence-corrected chi connectivity index (χ1v) is 9.74. The maximum atomic E-state index is 12.3. The molecule has 1 aliphatic heterocycles. The van der Waals surface area contributed by atoms with Crippen LogP contribution in [0.15, 0.2) is 60.7 Å². The Balaban J connectivity index is 1.29. The summed E-state index contributed by atoms with van der Waals surface area (Å²) in [5.74, 6) is 2.71. The number of benzene rings is 2. The fraction of sp³-hybridized carbons (Fsp3) is 0.318. The SMILES string of the molecule is O=C(CCOc1ccccc1)NC1CCc2nnc(-c3ccccc3)n2CC1. The zero-order chi connectivity index (χ0) is 19.2. The van der Waals surface area contributed by atoms with Gasteiger partial charge in [-0.3, -0.25) is 4.79 Å². The first-order valence-electron chi connectivity index (χ1n) is 9.74. The lowest BCUT2D eigenvalue weighted by Crippen LogP contribution is -2.35. The second-order valence-electron chi connectivity index (χ2n) is 6.96. The highest BCUT2D eigenvalue weighted by Crippen LogP contribution is 2.22. The molecule has 1 aliphatic rings. The average molecular weight is 376 g/mol. The van der Waals surface area contributed by atoms with E-state index in [1.807, 2.05) is 60.7 Å². The Morgan fingerprint density at radius 1 is 1.04 bits per heavy atom. The van der Waals surface area contributed by atoms with Gasteiger partial charge in [-0.2, -0.15) is 0 Å². The largest absolute Gasteiger partial charge is 0.493 e. The first-order chi connectivity index (χ1) is 13.8. The average Bonchev–Trinajstić information content (AvgIpc) is 3.04. The summed E-state index contributed by atoms with van der Waals surface area (Å²) >= 11 is 0. The highest BCUT2D eigenvalue weighted by atomic mass is 16.5. The Hall–Kier alpha value is -3.15. The van der Waals surface area contributed by atoms with Crippen molar-refractivity contribution < 1.29 is 9.53 Å². The number of para-hydroxylation sites is 1. The van der Waals surface area contributed by atoms with Gasteiger partial charge in [-0.15, -0.1) is 10.2 Å². The third-order valence-corrected chi connectivity index (χ3v) is 4.98. The van der Waals surface area contributed by atoms with E-state index in [1.54, 1.807) is 0 Å². The van der Waals surface area contributed by atoms with Crippen LogP contribution in [0, 0.1) is 0 Å². The predicted molar refractivity (Wildman–Crippen MR) is 107 cm³/mol. The van der Waals surface area contributed by atoms with Gasteiger partial charge in [-0.1, -0.05) is 48.5 Å². The van der Waals surface area contributed by atoms with Crippen molar-refractivity contribution in [2.45, 2.75) is 38.3 Å². The molecule has 1 unspecified atom stereocenters. The lowest BCUT2D eigenvalue weighted by molar-refractivity contribution is -0.122. The minimum absolute atomic E-state index is 0.0295. The molecule has 0 radical (unpaired) electrons.